The van der Waals surface area contributed by atoms with Crippen molar-refractivity contribution in [3.63, 3.8) is 0 Å². The summed E-state index contributed by atoms with van der Waals surface area (Å²) in [6.07, 6.45) is 5.38. The minimum absolute atomic E-state index is 0.215. The van der Waals surface area contributed by atoms with Gasteiger partial charge < -0.3 is 10.5 Å². The number of rotatable bonds is 6. The maximum Gasteiger partial charge on any atom is 0.119 e. The third-order valence-electron chi connectivity index (χ3n) is 4.40. The van der Waals surface area contributed by atoms with Crippen molar-refractivity contribution in [1.29, 1.82) is 0 Å². The van der Waals surface area contributed by atoms with Crippen molar-refractivity contribution in [1.82, 2.24) is 4.90 Å². The molecule has 3 heteroatoms. The quantitative estimate of drug-likeness (QED) is 0.867. The summed E-state index contributed by atoms with van der Waals surface area (Å²) in [5.41, 5.74) is 7.41. The molecule has 1 saturated heterocycles. The number of nitrogens with two attached hydrogens (primary N) is 1. The van der Waals surface area contributed by atoms with E-state index in [-0.39, 0.29) is 6.10 Å². The minimum Gasteiger partial charge on any atom is -0.491 e. The Hall–Kier alpha value is -1.06. The first-order valence-electron chi connectivity index (χ1n) is 8.38. The number of piperidine rings is 1. The van der Waals surface area contributed by atoms with Crippen LogP contribution >= 0.6 is 0 Å². The molecule has 1 aromatic rings. The average Bonchev–Trinajstić information content (AvgIpc) is 2.49. The summed E-state index contributed by atoms with van der Waals surface area (Å²) >= 11 is 0. The van der Waals surface area contributed by atoms with Gasteiger partial charge in [0.1, 0.15) is 5.75 Å². The van der Waals surface area contributed by atoms with Crippen LogP contribution in [0.5, 0.6) is 5.75 Å². The Morgan fingerprint density at radius 1 is 1.24 bits per heavy atom. The maximum absolute atomic E-state index is 6.10. The van der Waals surface area contributed by atoms with Gasteiger partial charge in [-0.3, -0.25) is 4.90 Å². The number of likely N-dealkylation sites (tertiary alicyclic amines) is 1. The van der Waals surface area contributed by atoms with Crippen LogP contribution in [0.25, 0.3) is 0 Å². The zero-order valence-corrected chi connectivity index (χ0v) is 13.7. The number of benzene rings is 1. The molecule has 1 aromatic carbocycles. The Morgan fingerprint density at radius 3 is 2.52 bits per heavy atom. The molecule has 2 rings (SSSR count). The highest BCUT2D eigenvalue weighted by Crippen LogP contribution is 2.30. The lowest BCUT2D eigenvalue weighted by Crippen LogP contribution is -2.44. The molecule has 2 N–H and O–H groups in total. The van der Waals surface area contributed by atoms with Crippen molar-refractivity contribution in [2.24, 2.45) is 5.73 Å². The minimum atomic E-state index is 0.215. The highest BCUT2D eigenvalue weighted by molar-refractivity contribution is 5.29. The van der Waals surface area contributed by atoms with Crippen molar-refractivity contribution >= 4 is 0 Å². The van der Waals surface area contributed by atoms with Crippen molar-refractivity contribution in [2.75, 3.05) is 13.1 Å². The standard InChI is InChI=1S/C18H30N2O/c1-4-16-7-5-6-12-20(16)18(13-19)15-8-10-17(11-9-15)21-14(2)3/h8-11,14,16,18H,4-7,12-13,19H2,1-3H3. The molecule has 21 heavy (non-hydrogen) atoms. The summed E-state index contributed by atoms with van der Waals surface area (Å²) in [6.45, 7) is 8.24. The molecule has 0 saturated carbocycles. The van der Waals surface area contributed by atoms with Gasteiger partial charge in [0.15, 0.2) is 0 Å². The van der Waals surface area contributed by atoms with Crippen LogP contribution in [-0.2, 0) is 0 Å². The average molecular weight is 290 g/mol. The van der Waals surface area contributed by atoms with Gasteiger partial charge in [-0.25, -0.2) is 0 Å². The first kappa shape index (κ1) is 16.3. The fraction of sp³-hybridized carbons (Fsp3) is 0.667. The zero-order valence-electron chi connectivity index (χ0n) is 13.7. The fourth-order valence-corrected chi connectivity index (χ4v) is 3.38. The lowest BCUT2D eigenvalue weighted by molar-refractivity contribution is 0.0949. The molecule has 1 aliphatic rings. The monoisotopic (exact) mass is 290 g/mol. The molecule has 0 spiro atoms. The normalized spacial score (nSPS) is 21.5. The van der Waals surface area contributed by atoms with Crippen molar-refractivity contribution < 1.29 is 4.74 Å². The topological polar surface area (TPSA) is 38.5 Å². The van der Waals surface area contributed by atoms with Gasteiger partial charge in [-0.1, -0.05) is 25.5 Å². The van der Waals surface area contributed by atoms with Crippen molar-refractivity contribution in [2.45, 2.75) is 64.6 Å². The van der Waals surface area contributed by atoms with Crippen molar-refractivity contribution in [3.05, 3.63) is 29.8 Å². The smallest absolute Gasteiger partial charge is 0.119 e. The molecule has 118 valence electrons. The number of nitrogens with zero attached hydrogens (tertiary/aromatic N) is 1. The van der Waals surface area contributed by atoms with Gasteiger partial charge in [-0.15, -0.1) is 0 Å². The SMILES string of the molecule is CCC1CCCCN1C(CN)c1ccc(OC(C)C)cc1. The van der Waals surface area contributed by atoms with Crippen LogP contribution in [0.3, 0.4) is 0 Å². The van der Waals surface area contributed by atoms with Gasteiger partial charge >= 0.3 is 0 Å². The highest BCUT2D eigenvalue weighted by Gasteiger charge is 2.27. The largest absolute Gasteiger partial charge is 0.491 e. The van der Waals surface area contributed by atoms with E-state index in [0.717, 1.165) is 5.75 Å². The number of hydrogen-bond donors (Lipinski definition) is 1. The van der Waals surface area contributed by atoms with Gasteiger partial charge in [-0.05, 0) is 57.4 Å². The molecular weight excluding hydrogens is 260 g/mol. The lowest BCUT2D eigenvalue weighted by Gasteiger charge is -2.41. The van der Waals surface area contributed by atoms with Crippen LogP contribution in [-0.4, -0.2) is 30.1 Å². The predicted molar refractivity (Wildman–Crippen MR) is 88.6 cm³/mol. The molecule has 1 aliphatic heterocycles. The van der Waals surface area contributed by atoms with E-state index in [1.54, 1.807) is 0 Å². The van der Waals surface area contributed by atoms with E-state index in [0.29, 0.717) is 18.6 Å². The van der Waals surface area contributed by atoms with Crippen LogP contribution < -0.4 is 10.5 Å². The van der Waals surface area contributed by atoms with Crippen LogP contribution in [0.4, 0.5) is 0 Å². The summed E-state index contributed by atoms with van der Waals surface area (Å²) in [7, 11) is 0. The molecule has 0 radical (unpaired) electrons. The Kier molecular flexibility index (Phi) is 6.07. The van der Waals surface area contributed by atoms with E-state index in [1.165, 1.54) is 37.8 Å². The van der Waals surface area contributed by atoms with Crippen LogP contribution in [0, 0.1) is 0 Å². The summed E-state index contributed by atoms with van der Waals surface area (Å²) in [4.78, 5) is 2.61. The second kappa shape index (κ2) is 7.81. The molecule has 2 unspecified atom stereocenters. The van der Waals surface area contributed by atoms with E-state index >= 15 is 0 Å². The van der Waals surface area contributed by atoms with Gasteiger partial charge in [0.2, 0.25) is 0 Å². The van der Waals surface area contributed by atoms with Crippen LogP contribution in [0.15, 0.2) is 24.3 Å². The molecule has 2 atom stereocenters. The Balaban J connectivity index is 2.12. The van der Waals surface area contributed by atoms with Gasteiger partial charge in [0, 0.05) is 18.6 Å². The van der Waals surface area contributed by atoms with E-state index in [2.05, 4.69) is 49.9 Å². The third-order valence-corrected chi connectivity index (χ3v) is 4.40. The predicted octanol–water partition coefficient (Wildman–Crippen LogP) is 3.74. The molecule has 0 bridgehead atoms. The van der Waals surface area contributed by atoms with Gasteiger partial charge in [-0.2, -0.15) is 0 Å². The Morgan fingerprint density at radius 2 is 1.95 bits per heavy atom. The Bertz CT molecular complexity index is 416. The summed E-state index contributed by atoms with van der Waals surface area (Å²) in [6, 6.07) is 9.51. The second-order valence-corrected chi connectivity index (χ2v) is 6.28. The zero-order chi connectivity index (χ0) is 15.2. The number of hydrogen-bond acceptors (Lipinski definition) is 3. The lowest BCUT2D eigenvalue weighted by atomic mass is 9.95. The first-order chi connectivity index (χ1) is 10.2. The second-order valence-electron chi connectivity index (χ2n) is 6.28. The fourth-order valence-electron chi connectivity index (χ4n) is 3.38. The van der Waals surface area contributed by atoms with E-state index in [1.807, 2.05) is 0 Å². The molecule has 1 heterocycles. The van der Waals surface area contributed by atoms with E-state index in [4.69, 9.17) is 10.5 Å². The molecular formula is C18H30N2O. The molecule has 0 amide bonds. The van der Waals surface area contributed by atoms with Gasteiger partial charge in [0.05, 0.1) is 6.10 Å². The maximum atomic E-state index is 6.10. The van der Waals surface area contributed by atoms with Crippen LogP contribution in [0.2, 0.25) is 0 Å². The molecule has 1 fully saturated rings. The molecule has 0 aromatic heterocycles. The van der Waals surface area contributed by atoms with E-state index < -0.39 is 0 Å². The summed E-state index contributed by atoms with van der Waals surface area (Å²) in [5, 5.41) is 0. The van der Waals surface area contributed by atoms with Crippen molar-refractivity contribution in [3.8, 4) is 5.75 Å². The first-order valence-corrected chi connectivity index (χ1v) is 8.38. The number of ether oxygens (including phenoxy) is 1. The molecule has 0 aliphatic carbocycles. The van der Waals surface area contributed by atoms with Gasteiger partial charge in [0.25, 0.3) is 0 Å². The highest BCUT2D eigenvalue weighted by atomic mass is 16.5. The molecule has 3 nitrogen and oxygen atoms in total. The van der Waals surface area contributed by atoms with E-state index in [9.17, 15) is 0 Å². The summed E-state index contributed by atoms with van der Waals surface area (Å²) in [5.74, 6) is 0.940. The summed E-state index contributed by atoms with van der Waals surface area (Å²) < 4.78 is 5.73. The third kappa shape index (κ3) is 4.21. The Labute approximate surface area is 129 Å². The van der Waals surface area contributed by atoms with Crippen LogP contribution in [0.1, 0.15) is 58.1 Å².